The number of rotatable bonds is 7. The van der Waals surface area contributed by atoms with Crippen molar-refractivity contribution in [2.45, 2.75) is 25.4 Å². The summed E-state index contributed by atoms with van der Waals surface area (Å²) in [5.41, 5.74) is 4.37. The molecule has 0 aliphatic rings. The number of benzene rings is 3. The lowest BCUT2D eigenvalue weighted by Crippen LogP contribution is -2.14. The molecule has 2 aromatic heterocycles. The maximum atomic E-state index is 12.6. The summed E-state index contributed by atoms with van der Waals surface area (Å²) < 4.78 is 1.96. The molecule has 6 nitrogen and oxygen atoms in total. The van der Waals surface area contributed by atoms with Crippen molar-refractivity contribution >= 4 is 44.9 Å². The van der Waals surface area contributed by atoms with Gasteiger partial charge in [-0.15, -0.1) is 21.5 Å². The van der Waals surface area contributed by atoms with Crippen LogP contribution in [0.1, 0.15) is 21.8 Å². The summed E-state index contributed by atoms with van der Waals surface area (Å²) in [7, 11) is 1.94. The first-order valence-corrected chi connectivity index (χ1v) is 13.1. The predicted octanol–water partition coefficient (Wildman–Crippen LogP) is 6.03. The molecule has 1 amide bonds. The quantitative estimate of drug-likeness (QED) is 0.277. The molecule has 0 radical (unpaired) electrons. The van der Waals surface area contributed by atoms with Gasteiger partial charge < -0.3 is 9.88 Å². The molecule has 5 aromatic rings. The number of hydrogen-bond donors (Lipinski definition) is 1. The Morgan fingerprint density at radius 1 is 1.00 bits per heavy atom. The van der Waals surface area contributed by atoms with E-state index in [1.165, 1.54) is 45.0 Å². The van der Waals surface area contributed by atoms with Crippen molar-refractivity contribution in [2.24, 2.45) is 7.05 Å². The van der Waals surface area contributed by atoms with Gasteiger partial charge in [0.05, 0.1) is 11.4 Å². The SMILES string of the molecule is Cc1ccc(-c2nc(NC(=O)CSc3nnc(Cc4cccc5ccccc45)n3C)sc2C)cc1. The zero-order chi connectivity index (χ0) is 24.4. The standard InChI is InChI=1S/C27H25N5OS2/c1-17-11-13-20(14-12-17)25-18(2)35-26(29-25)28-24(33)16-34-27-31-30-23(32(27)3)15-21-9-6-8-19-7-4-5-10-22(19)21/h4-14H,15-16H2,1-3H3,(H,28,29,33). The largest absolute Gasteiger partial charge is 0.309 e. The second-order valence-electron chi connectivity index (χ2n) is 8.40. The van der Waals surface area contributed by atoms with Gasteiger partial charge in [0.15, 0.2) is 10.3 Å². The van der Waals surface area contributed by atoms with E-state index in [1.807, 2.05) is 24.6 Å². The van der Waals surface area contributed by atoms with Crippen molar-refractivity contribution in [3.63, 3.8) is 0 Å². The summed E-state index contributed by atoms with van der Waals surface area (Å²) in [6.45, 7) is 4.08. The number of aromatic nitrogens is 4. The van der Waals surface area contributed by atoms with E-state index in [-0.39, 0.29) is 11.7 Å². The third kappa shape index (κ3) is 5.13. The average molecular weight is 500 g/mol. The number of thiazole rings is 1. The Balaban J connectivity index is 1.22. The Morgan fingerprint density at radius 3 is 2.60 bits per heavy atom. The first-order valence-electron chi connectivity index (χ1n) is 11.3. The van der Waals surface area contributed by atoms with Crippen molar-refractivity contribution in [2.75, 3.05) is 11.1 Å². The average Bonchev–Trinajstić information content (AvgIpc) is 3.40. The number of aryl methyl sites for hydroxylation is 2. The fraction of sp³-hybridized carbons (Fsp3) is 0.185. The van der Waals surface area contributed by atoms with E-state index in [4.69, 9.17) is 0 Å². The molecule has 35 heavy (non-hydrogen) atoms. The monoisotopic (exact) mass is 499 g/mol. The lowest BCUT2D eigenvalue weighted by atomic mass is 10.0. The minimum atomic E-state index is -0.113. The normalized spacial score (nSPS) is 11.2. The van der Waals surface area contributed by atoms with E-state index in [0.29, 0.717) is 16.7 Å². The molecule has 0 saturated heterocycles. The number of anilines is 1. The fourth-order valence-corrected chi connectivity index (χ4v) is 5.54. The van der Waals surface area contributed by atoms with E-state index >= 15 is 0 Å². The smallest absolute Gasteiger partial charge is 0.236 e. The van der Waals surface area contributed by atoms with E-state index in [1.54, 1.807) is 0 Å². The number of carbonyl (C=O) groups excluding carboxylic acids is 1. The fourth-order valence-electron chi connectivity index (χ4n) is 3.96. The third-order valence-corrected chi connectivity index (χ3v) is 7.76. The van der Waals surface area contributed by atoms with E-state index in [2.05, 4.69) is 88.1 Å². The lowest BCUT2D eigenvalue weighted by Gasteiger charge is -2.07. The van der Waals surface area contributed by atoms with E-state index in [0.717, 1.165) is 22.0 Å². The highest BCUT2D eigenvalue weighted by Crippen LogP contribution is 2.31. The lowest BCUT2D eigenvalue weighted by molar-refractivity contribution is -0.113. The second-order valence-corrected chi connectivity index (χ2v) is 10.5. The van der Waals surface area contributed by atoms with Gasteiger partial charge in [0.1, 0.15) is 5.82 Å². The van der Waals surface area contributed by atoms with Crippen LogP contribution in [0.3, 0.4) is 0 Å². The van der Waals surface area contributed by atoms with Crippen LogP contribution in [0.25, 0.3) is 22.0 Å². The molecule has 0 fully saturated rings. The molecule has 0 bridgehead atoms. The van der Waals surface area contributed by atoms with Gasteiger partial charge >= 0.3 is 0 Å². The number of amides is 1. The van der Waals surface area contributed by atoms with Crippen molar-refractivity contribution < 1.29 is 4.79 Å². The Hall–Kier alpha value is -3.49. The minimum Gasteiger partial charge on any atom is -0.309 e. The van der Waals surface area contributed by atoms with Crippen LogP contribution in [0.5, 0.6) is 0 Å². The number of fused-ring (bicyclic) bond motifs is 1. The number of hydrogen-bond acceptors (Lipinski definition) is 6. The maximum Gasteiger partial charge on any atom is 0.236 e. The van der Waals surface area contributed by atoms with Crippen molar-refractivity contribution in [1.82, 2.24) is 19.7 Å². The molecule has 176 valence electrons. The molecule has 0 aliphatic heterocycles. The number of nitrogens with zero attached hydrogens (tertiary/aromatic N) is 4. The van der Waals surface area contributed by atoms with Crippen LogP contribution < -0.4 is 5.32 Å². The van der Waals surface area contributed by atoms with Gasteiger partial charge in [0.25, 0.3) is 0 Å². The number of carbonyl (C=O) groups is 1. The van der Waals surface area contributed by atoms with Crippen LogP contribution >= 0.6 is 23.1 Å². The highest BCUT2D eigenvalue weighted by atomic mass is 32.2. The van der Waals surface area contributed by atoms with Crippen molar-refractivity contribution in [3.8, 4) is 11.3 Å². The van der Waals surface area contributed by atoms with Crippen LogP contribution in [0.2, 0.25) is 0 Å². The third-order valence-electron chi connectivity index (χ3n) is 5.85. The van der Waals surface area contributed by atoms with E-state index < -0.39 is 0 Å². The summed E-state index contributed by atoms with van der Waals surface area (Å²) >= 11 is 2.86. The van der Waals surface area contributed by atoms with Crippen LogP contribution in [0, 0.1) is 13.8 Å². The topological polar surface area (TPSA) is 72.7 Å². The van der Waals surface area contributed by atoms with Crippen LogP contribution in [0.15, 0.2) is 71.9 Å². The molecular weight excluding hydrogens is 474 g/mol. The van der Waals surface area contributed by atoms with Crippen molar-refractivity contribution in [1.29, 1.82) is 0 Å². The molecule has 8 heteroatoms. The molecule has 5 rings (SSSR count). The first kappa shape index (κ1) is 23.3. The van der Waals surface area contributed by atoms with Crippen LogP contribution in [0.4, 0.5) is 5.13 Å². The summed E-state index contributed by atoms with van der Waals surface area (Å²) in [5.74, 6) is 0.985. The highest BCUT2D eigenvalue weighted by Gasteiger charge is 2.15. The van der Waals surface area contributed by atoms with Gasteiger partial charge in [-0.1, -0.05) is 84.1 Å². The van der Waals surface area contributed by atoms with Gasteiger partial charge in [-0.25, -0.2) is 4.98 Å². The first-order chi connectivity index (χ1) is 17.0. The minimum absolute atomic E-state index is 0.113. The molecule has 0 saturated carbocycles. The highest BCUT2D eigenvalue weighted by molar-refractivity contribution is 7.99. The Kier molecular flexibility index (Phi) is 6.66. The summed E-state index contributed by atoms with van der Waals surface area (Å²) in [5, 5.41) is 15.4. The van der Waals surface area contributed by atoms with E-state index in [9.17, 15) is 4.79 Å². The van der Waals surface area contributed by atoms with Crippen LogP contribution in [-0.2, 0) is 18.3 Å². The Morgan fingerprint density at radius 2 is 1.77 bits per heavy atom. The zero-order valence-corrected chi connectivity index (χ0v) is 21.4. The molecule has 0 atom stereocenters. The molecule has 0 aliphatic carbocycles. The zero-order valence-electron chi connectivity index (χ0n) is 19.8. The molecule has 1 N–H and O–H groups in total. The second kappa shape index (κ2) is 10.0. The molecule has 0 unspecified atom stereocenters. The molecule has 3 aromatic carbocycles. The Labute approximate surface area is 212 Å². The summed E-state index contributed by atoms with van der Waals surface area (Å²) in [4.78, 5) is 18.3. The summed E-state index contributed by atoms with van der Waals surface area (Å²) in [6, 6.07) is 22.9. The number of nitrogens with one attached hydrogen (secondary N) is 1. The van der Waals surface area contributed by atoms with Gasteiger partial charge in [-0.3, -0.25) is 4.79 Å². The van der Waals surface area contributed by atoms with Gasteiger partial charge in [0, 0.05) is 23.9 Å². The molecule has 2 heterocycles. The predicted molar refractivity (Wildman–Crippen MR) is 144 cm³/mol. The van der Waals surface area contributed by atoms with Crippen molar-refractivity contribution in [3.05, 3.63) is 88.6 Å². The van der Waals surface area contributed by atoms with Crippen LogP contribution in [-0.4, -0.2) is 31.4 Å². The van der Waals surface area contributed by atoms with Gasteiger partial charge in [0.2, 0.25) is 5.91 Å². The Bertz CT molecular complexity index is 1500. The van der Waals surface area contributed by atoms with Gasteiger partial charge in [-0.2, -0.15) is 0 Å². The summed E-state index contributed by atoms with van der Waals surface area (Å²) in [6.07, 6.45) is 0.678. The molecular formula is C27H25N5OS2. The maximum absolute atomic E-state index is 12.6. The van der Waals surface area contributed by atoms with Gasteiger partial charge in [-0.05, 0) is 30.2 Å². The molecule has 0 spiro atoms. The number of thioether (sulfide) groups is 1.